The minimum atomic E-state index is -0.514. The molecule has 0 aliphatic heterocycles. The first-order valence-electron chi connectivity index (χ1n) is 8.75. The Balaban J connectivity index is 1.55. The van der Waals surface area contributed by atoms with Gasteiger partial charge in [0, 0.05) is 12.1 Å². The number of ether oxygens (including phenoxy) is 2. The van der Waals surface area contributed by atoms with Gasteiger partial charge in [-0.2, -0.15) is 0 Å². The van der Waals surface area contributed by atoms with Crippen molar-refractivity contribution in [2.75, 3.05) is 24.8 Å². The molecule has 1 heterocycles. The number of halogens is 1. The molecule has 2 aromatic carbocycles. The van der Waals surface area contributed by atoms with E-state index < -0.39 is 5.97 Å². The van der Waals surface area contributed by atoms with Gasteiger partial charge in [0.05, 0.1) is 24.1 Å². The molecule has 0 bridgehead atoms. The Morgan fingerprint density at radius 1 is 1.13 bits per heavy atom. The Bertz CT molecular complexity index is 1030. The van der Waals surface area contributed by atoms with Gasteiger partial charge in [-0.25, -0.2) is 4.79 Å². The van der Waals surface area contributed by atoms with E-state index in [4.69, 9.17) is 25.5 Å². The first-order valence-corrected chi connectivity index (χ1v) is 10.1. The average Bonchev–Trinajstić information content (AvgIpc) is 3.24. The highest BCUT2D eigenvalue weighted by atomic mass is 35.5. The van der Waals surface area contributed by atoms with E-state index in [1.54, 1.807) is 55.6 Å². The van der Waals surface area contributed by atoms with Crippen molar-refractivity contribution in [1.29, 1.82) is 0 Å². The van der Waals surface area contributed by atoms with Gasteiger partial charge in [-0.1, -0.05) is 35.5 Å². The summed E-state index contributed by atoms with van der Waals surface area (Å²) >= 11 is 6.93. The smallest absolute Gasteiger partial charge is 0.339 e. The number of hydrogen-bond acceptors (Lipinski definition) is 8. The Morgan fingerprint density at radius 3 is 2.60 bits per heavy atom. The highest BCUT2D eigenvalue weighted by Crippen LogP contribution is 2.23. The molecular weight excluding hydrogens is 430 g/mol. The molecule has 0 radical (unpaired) electrons. The molecule has 8 nitrogen and oxygen atoms in total. The van der Waals surface area contributed by atoms with Crippen molar-refractivity contribution in [3.8, 4) is 5.75 Å². The van der Waals surface area contributed by atoms with Crippen molar-refractivity contribution in [2.45, 2.75) is 11.8 Å². The van der Waals surface area contributed by atoms with Crippen LogP contribution in [0.2, 0.25) is 5.02 Å². The number of amides is 1. The number of anilines is 1. The first kappa shape index (κ1) is 21.7. The SMILES string of the molecule is COC(=O)c1ccccc1N(C)C(=O)CSc1nnc(COc2ccc(Cl)cc2)o1. The van der Waals surface area contributed by atoms with Gasteiger partial charge in [0.2, 0.25) is 5.91 Å². The van der Waals surface area contributed by atoms with Gasteiger partial charge in [-0.3, -0.25) is 4.79 Å². The topological polar surface area (TPSA) is 94.8 Å². The molecule has 156 valence electrons. The first-order chi connectivity index (χ1) is 14.5. The van der Waals surface area contributed by atoms with Crippen LogP contribution >= 0.6 is 23.4 Å². The van der Waals surface area contributed by atoms with Gasteiger partial charge < -0.3 is 18.8 Å². The number of rotatable bonds is 8. The van der Waals surface area contributed by atoms with Crippen LogP contribution in [0.3, 0.4) is 0 Å². The molecule has 1 amide bonds. The Hall–Kier alpha value is -3.04. The summed E-state index contributed by atoms with van der Waals surface area (Å²) in [7, 11) is 2.88. The normalized spacial score (nSPS) is 10.5. The number of benzene rings is 2. The fourth-order valence-electron chi connectivity index (χ4n) is 2.43. The largest absolute Gasteiger partial charge is 0.484 e. The summed E-state index contributed by atoms with van der Waals surface area (Å²) in [6.45, 7) is 0.0928. The van der Waals surface area contributed by atoms with E-state index in [-0.39, 0.29) is 29.4 Å². The molecule has 0 atom stereocenters. The van der Waals surface area contributed by atoms with E-state index in [0.717, 1.165) is 11.8 Å². The molecule has 0 N–H and O–H groups in total. The number of methoxy groups -OCH3 is 1. The lowest BCUT2D eigenvalue weighted by molar-refractivity contribution is -0.115. The quantitative estimate of drug-likeness (QED) is 0.379. The molecule has 0 fully saturated rings. The zero-order valence-electron chi connectivity index (χ0n) is 16.2. The second kappa shape index (κ2) is 10.1. The van der Waals surface area contributed by atoms with Crippen molar-refractivity contribution < 1.29 is 23.5 Å². The number of nitrogens with zero attached hydrogens (tertiary/aromatic N) is 3. The zero-order chi connectivity index (χ0) is 21.5. The van der Waals surface area contributed by atoms with Crippen molar-refractivity contribution in [3.63, 3.8) is 0 Å². The highest BCUT2D eigenvalue weighted by molar-refractivity contribution is 7.99. The van der Waals surface area contributed by atoms with Crippen LogP contribution in [0.25, 0.3) is 0 Å². The van der Waals surface area contributed by atoms with E-state index in [2.05, 4.69) is 10.2 Å². The van der Waals surface area contributed by atoms with E-state index in [0.29, 0.717) is 22.0 Å². The lowest BCUT2D eigenvalue weighted by Crippen LogP contribution is -2.29. The summed E-state index contributed by atoms with van der Waals surface area (Å²) < 4.78 is 15.8. The lowest BCUT2D eigenvalue weighted by Gasteiger charge is -2.19. The van der Waals surface area contributed by atoms with Crippen molar-refractivity contribution in [2.24, 2.45) is 0 Å². The minimum Gasteiger partial charge on any atom is -0.484 e. The standard InChI is InChI=1S/C20H18ClN3O5S/c1-24(16-6-4-3-5-15(16)19(26)27-2)18(25)12-30-20-23-22-17(29-20)11-28-14-9-7-13(21)8-10-14/h3-10H,11-12H2,1-2H3. The molecule has 0 aliphatic rings. The van der Waals surface area contributed by atoms with Gasteiger partial charge >= 0.3 is 5.97 Å². The van der Waals surface area contributed by atoms with Crippen LogP contribution in [0, 0.1) is 0 Å². The molecule has 0 spiro atoms. The van der Waals surface area contributed by atoms with Crippen molar-refractivity contribution in [1.82, 2.24) is 10.2 Å². The van der Waals surface area contributed by atoms with Crippen molar-refractivity contribution in [3.05, 3.63) is 65.0 Å². The third-order valence-electron chi connectivity index (χ3n) is 3.99. The number of thioether (sulfide) groups is 1. The lowest BCUT2D eigenvalue weighted by atomic mass is 10.1. The zero-order valence-corrected chi connectivity index (χ0v) is 17.8. The summed E-state index contributed by atoms with van der Waals surface area (Å²) in [6, 6.07) is 13.6. The molecule has 30 heavy (non-hydrogen) atoms. The Labute approximate surface area is 182 Å². The fraction of sp³-hybridized carbons (Fsp3) is 0.200. The minimum absolute atomic E-state index is 0.0473. The molecule has 3 rings (SSSR count). The second-order valence-corrected chi connectivity index (χ2v) is 7.32. The number of aromatic nitrogens is 2. The van der Waals surface area contributed by atoms with Crippen LogP contribution in [0.1, 0.15) is 16.2 Å². The molecule has 0 unspecified atom stereocenters. The van der Waals surface area contributed by atoms with Crippen LogP contribution in [0.5, 0.6) is 5.75 Å². The van der Waals surface area contributed by atoms with Crippen LogP contribution in [0.4, 0.5) is 5.69 Å². The Morgan fingerprint density at radius 2 is 1.87 bits per heavy atom. The third kappa shape index (κ3) is 5.52. The maximum absolute atomic E-state index is 12.6. The third-order valence-corrected chi connectivity index (χ3v) is 5.04. The predicted octanol–water partition coefficient (Wildman–Crippen LogP) is 3.84. The number of carbonyl (C=O) groups excluding carboxylic acids is 2. The maximum atomic E-state index is 12.6. The van der Waals surface area contributed by atoms with Crippen LogP contribution < -0.4 is 9.64 Å². The van der Waals surface area contributed by atoms with Crippen LogP contribution in [-0.2, 0) is 16.1 Å². The molecule has 0 saturated heterocycles. The van der Waals surface area contributed by atoms with Gasteiger partial charge in [0.1, 0.15) is 5.75 Å². The molecule has 0 aliphatic carbocycles. The van der Waals surface area contributed by atoms with Gasteiger partial charge in [-0.05, 0) is 36.4 Å². The number of carbonyl (C=O) groups is 2. The molecule has 10 heteroatoms. The van der Waals surface area contributed by atoms with E-state index in [1.165, 1.54) is 12.0 Å². The highest BCUT2D eigenvalue weighted by Gasteiger charge is 2.20. The molecule has 0 saturated carbocycles. The van der Waals surface area contributed by atoms with Gasteiger partial charge in [0.15, 0.2) is 6.61 Å². The van der Waals surface area contributed by atoms with Gasteiger partial charge in [0.25, 0.3) is 11.1 Å². The van der Waals surface area contributed by atoms with E-state index in [9.17, 15) is 9.59 Å². The summed E-state index contributed by atoms with van der Waals surface area (Å²) in [6.07, 6.45) is 0. The summed E-state index contributed by atoms with van der Waals surface area (Å²) in [5.74, 6) is 0.192. The number of hydrogen-bond donors (Lipinski definition) is 0. The Kier molecular flexibility index (Phi) is 7.31. The number of para-hydroxylation sites is 1. The van der Waals surface area contributed by atoms with E-state index in [1.807, 2.05) is 0 Å². The molecule has 3 aromatic rings. The summed E-state index contributed by atoms with van der Waals surface area (Å²) in [4.78, 5) is 25.8. The van der Waals surface area contributed by atoms with E-state index >= 15 is 0 Å². The fourth-order valence-corrected chi connectivity index (χ4v) is 3.25. The summed E-state index contributed by atoms with van der Waals surface area (Å²) in [5.41, 5.74) is 0.762. The average molecular weight is 448 g/mol. The predicted molar refractivity (Wildman–Crippen MR) is 112 cm³/mol. The van der Waals surface area contributed by atoms with Crippen LogP contribution in [0.15, 0.2) is 58.2 Å². The van der Waals surface area contributed by atoms with Crippen LogP contribution in [-0.4, -0.2) is 42.0 Å². The monoisotopic (exact) mass is 447 g/mol. The van der Waals surface area contributed by atoms with Gasteiger partial charge in [-0.15, -0.1) is 10.2 Å². The number of esters is 1. The molecular formula is C20H18ClN3O5S. The second-order valence-electron chi connectivity index (χ2n) is 5.95. The maximum Gasteiger partial charge on any atom is 0.339 e. The molecule has 1 aromatic heterocycles. The summed E-state index contributed by atoms with van der Waals surface area (Å²) in [5, 5.41) is 8.67. The van der Waals surface area contributed by atoms with Crippen molar-refractivity contribution >= 4 is 40.9 Å².